The predicted octanol–water partition coefficient (Wildman–Crippen LogP) is 3.01. The number of ether oxygens (including phenoxy) is 3. The maximum absolute atomic E-state index is 6.17. The number of hydrogen-bond acceptors (Lipinski definition) is 5. The smallest absolute Gasteiger partial charge is 0.144 e. The van der Waals surface area contributed by atoms with Crippen molar-refractivity contribution >= 4 is 11.4 Å². The normalized spacial score (nSPS) is 10.3. The Morgan fingerprint density at radius 3 is 2.50 bits per heavy atom. The molecule has 0 aliphatic heterocycles. The molecular weight excluding hydrogens is 280 g/mol. The molecule has 3 N–H and O–H groups in total. The maximum atomic E-state index is 6.17. The van der Waals surface area contributed by atoms with Crippen molar-refractivity contribution in [3.8, 4) is 22.6 Å². The van der Waals surface area contributed by atoms with Crippen LogP contribution in [0.1, 0.15) is 0 Å². The molecule has 2 aromatic carbocycles. The molecule has 5 nitrogen and oxygen atoms in total. The minimum absolute atomic E-state index is 0.597. The summed E-state index contributed by atoms with van der Waals surface area (Å²) in [6.07, 6.45) is 0. The number of anilines is 2. The van der Waals surface area contributed by atoms with E-state index in [0.717, 1.165) is 22.6 Å². The number of nitrogen functional groups attached to an aromatic ring is 1. The zero-order chi connectivity index (χ0) is 15.9. The van der Waals surface area contributed by atoms with Crippen molar-refractivity contribution in [2.24, 2.45) is 0 Å². The second-order valence-corrected chi connectivity index (χ2v) is 4.79. The van der Waals surface area contributed by atoms with Crippen LogP contribution in [0.5, 0.6) is 11.5 Å². The molecule has 0 bridgehead atoms. The molecule has 2 aromatic rings. The van der Waals surface area contributed by atoms with Crippen LogP contribution >= 0.6 is 0 Å². The van der Waals surface area contributed by atoms with Gasteiger partial charge >= 0.3 is 0 Å². The summed E-state index contributed by atoms with van der Waals surface area (Å²) in [4.78, 5) is 0. The molecule has 0 atom stereocenters. The van der Waals surface area contributed by atoms with Gasteiger partial charge < -0.3 is 25.3 Å². The van der Waals surface area contributed by atoms with Crippen LogP contribution in [0.15, 0.2) is 36.4 Å². The Bertz CT molecular complexity index is 629. The van der Waals surface area contributed by atoms with Gasteiger partial charge in [-0.25, -0.2) is 0 Å². The van der Waals surface area contributed by atoms with Crippen LogP contribution in [-0.4, -0.2) is 34.5 Å². The van der Waals surface area contributed by atoms with E-state index in [2.05, 4.69) is 5.32 Å². The maximum Gasteiger partial charge on any atom is 0.144 e. The van der Waals surface area contributed by atoms with E-state index in [-0.39, 0.29) is 0 Å². The third-order valence-corrected chi connectivity index (χ3v) is 3.36. The van der Waals surface area contributed by atoms with Gasteiger partial charge in [0.25, 0.3) is 0 Å². The van der Waals surface area contributed by atoms with Crippen molar-refractivity contribution < 1.29 is 14.2 Å². The van der Waals surface area contributed by atoms with Crippen LogP contribution in [-0.2, 0) is 4.74 Å². The Hall–Kier alpha value is -2.40. The van der Waals surface area contributed by atoms with E-state index in [9.17, 15) is 0 Å². The zero-order valence-electron chi connectivity index (χ0n) is 13.2. The number of rotatable bonds is 7. The number of hydrogen-bond donors (Lipinski definition) is 2. The first-order valence-corrected chi connectivity index (χ1v) is 7.04. The molecule has 0 radical (unpaired) electrons. The average Bonchev–Trinajstić information content (AvgIpc) is 2.56. The van der Waals surface area contributed by atoms with Gasteiger partial charge in [-0.2, -0.15) is 0 Å². The fourth-order valence-corrected chi connectivity index (χ4v) is 2.23. The minimum Gasteiger partial charge on any atom is -0.497 e. The molecule has 0 unspecified atom stereocenters. The molecule has 0 aliphatic rings. The van der Waals surface area contributed by atoms with E-state index in [1.54, 1.807) is 21.3 Å². The minimum atomic E-state index is 0.597. The fraction of sp³-hybridized carbons (Fsp3) is 0.294. The van der Waals surface area contributed by atoms with Gasteiger partial charge in [0.1, 0.15) is 17.2 Å². The van der Waals surface area contributed by atoms with Gasteiger partial charge in [-0.1, -0.05) is 12.1 Å². The Morgan fingerprint density at radius 1 is 1.00 bits per heavy atom. The lowest BCUT2D eigenvalue weighted by molar-refractivity contribution is 0.210. The molecule has 2 rings (SSSR count). The fourth-order valence-electron chi connectivity index (χ4n) is 2.23. The van der Waals surface area contributed by atoms with E-state index in [0.29, 0.717) is 24.6 Å². The number of nitrogens with one attached hydrogen (secondary N) is 1. The Balaban J connectivity index is 2.36. The van der Waals surface area contributed by atoms with Gasteiger partial charge in [0.2, 0.25) is 0 Å². The SMILES string of the molecule is COCCNc1c(N)cc(-c2cccc(OC)c2)cc1OC. The van der Waals surface area contributed by atoms with E-state index in [1.807, 2.05) is 36.4 Å². The van der Waals surface area contributed by atoms with E-state index in [1.165, 1.54) is 0 Å². The first-order valence-electron chi connectivity index (χ1n) is 7.04. The summed E-state index contributed by atoms with van der Waals surface area (Å²) in [6.45, 7) is 1.26. The van der Waals surface area contributed by atoms with Crippen molar-refractivity contribution in [2.75, 3.05) is 45.5 Å². The van der Waals surface area contributed by atoms with E-state index < -0.39 is 0 Å². The number of benzene rings is 2. The lowest BCUT2D eigenvalue weighted by atomic mass is 10.0. The highest BCUT2D eigenvalue weighted by Crippen LogP contribution is 2.36. The van der Waals surface area contributed by atoms with E-state index >= 15 is 0 Å². The molecule has 0 saturated carbocycles. The Labute approximate surface area is 131 Å². The predicted molar refractivity (Wildman–Crippen MR) is 89.8 cm³/mol. The van der Waals surface area contributed by atoms with Gasteiger partial charge in [-0.05, 0) is 35.4 Å². The molecule has 0 saturated heterocycles. The monoisotopic (exact) mass is 302 g/mol. The topological polar surface area (TPSA) is 65.7 Å². The molecule has 118 valence electrons. The molecule has 0 heterocycles. The zero-order valence-corrected chi connectivity index (χ0v) is 13.2. The van der Waals surface area contributed by atoms with Gasteiger partial charge in [0, 0.05) is 13.7 Å². The number of methoxy groups -OCH3 is 3. The summed E-state index contributed by atoms with van der Waals surface area (Å²) in [5.74, 6) is 1.51. The molecular formula is C17H22N2O3. The first-order chi connectivity index (χ1) is 10.7. The van der Waals surface area contributed by atoms with Gasteiger partial charge in [0.05, 0.1) is 26.5 Å². The molecule has 22 heavy (non-hydrogen) atoms. The molecule has 0 aliphatic carbocycles. The summed E-state index contributed by atoms with van der Waals surface area (Å²) >= 11 is 0. The van der Waals surface area contributed by atoms with Crippen LogP contribution in [0.4, 0.5) is 11.4 Å². The first kappa shape index (κ1) is 16.0. The summed E-state index contributed by atoms with van der Waals surface area (Å²) in [5.41, 5.74) is 9.59. The molecule has 0 spiro atoms. The highest BCUT2D eigenvalue weighted by molar-refractivity contribution is 5.81. The quantitative estimate of drug-likeness (QED) is 0.608. The van der Waals surface area contributed by atoms with Crippen molar-refractivity contribution in [3.63, 3.8) is 0 Å². The molecule has 5 heteroatoms. The largest absolute Gasteiger partial charge is 0.497 e. The van der Waals surface area contributed by atoms with Crippen LogP contribution in [0.25, 0.3) is 11.1 Å². The second-order valence-electron chi connectivity index (χ2n) is 4.79. The Morgan fingerprint density at radius 2 is 1.82 bits per heavy atom. The highest BCUT2D eigenvalue weighted by Gasteiger charge is 2.11. The van der Waals surface area contributed by atoms with Gasteiger partial charge in [-0.3, -0.25) is 0 Å². The second kappa shape index (κ2) is 7.56. The summed E-state index contributed by atoms with van der Waals surface area (Å²) in [7, 11) is 4.94. The average molecular weight is 302 g/mol. The number of nitrogens with two attached hydrogens (primary N) is 1. The third-order valence-electron chi connectivity index (χ3n) is 3.36. The Kier molecular flexibility index (Phi) is 5.49. The molecule has 0 amide bonds. The van der Waals surface area contributed by atoms with E-state index in [4.69, 9.17) is 19.9 Å². The highest BCUT2D eigenvalue weighted by atomic mass is 16.5. The van der Waals surface area contributed by atoms with Crippen LogP contribution < -0.4 is 20.5 Å². The van der Waals surface area contributed by atoms with Crippen LogP contribution in [0.3, 0.4) is 0 Å². The van der Waals surface area contributed by atoms with Crippen LogP contribution in [0.2, 0.25) is 0 Å². The summed E-state index contributed by atoms with van der Waals surface area (Å²) < 4.78 is 15.8. The van der Waals surface area contributed by atoms with Gasteiger partial charge in [-0.15, -0.1) is 0 Å². The van der Waals surface area contributed by atoms with Crippen molar-refractivity contribution in [1.82, 2.24) is 0 Å². The van der Waals surface area contributed by atoms with Crippen LogP contribution in [0, 0.1) is 0 Å². The lowest BCUT2D eigenvalue weighted by Crippen LogP contribution is -2.10. The molecule has 0 aromatic heterocycles. The summed E-state index contributed by atoms with van der Waals surface area (Å²) in [5, 5.41) is 3.23. The third kappa shape index (κ3) is 3.62. The van der Waals surface area contributed by atoms with Gasteiger partial charge in [0.15, 0.2) is 0 Å². The van der Waals surface area contributed by atoms with Crippen molar-refractivity contribution in [2.45, 2.75) is 0 Å². The van der Waals surface area contributed by atoms with Crippen molar-refractivity contribution in [3.05, 3.63) is 36.4 Å². The van der Waals surface area contributed by atoms with Crippen molar-refractivity contribution in [1.29, 1.82) is 0 Å². The summed E-state index contributed by atoms with van der Waals surface area (Å²) in [6, 6.07) is 11.7. The lowest BCUT2D eigenvalue weighted by Gasteiger charge is -2.16. The standard InChI is InChI=1S/C17H22N2O3/c1-20-8-7-19-17-15(18)10-13(11-16(17)22-3)12-5-4-6-14(9-12)21-2/h4-6,9-11,19H,7-8,18H2,1-3H3. The molecule has 0 fully saturated rings.